The summed E-state index contributed by atoms with van der Waals surface area (Å²) >= 11 is 0. The monoisotopic (exact) mass is 334 g/mol. The van der Waals surface area contributed by atoms with Gasteiger partial charge in [0.15, 0.2) is 0 Å². The molecule has 24 heavy (non-hydrogen) atoms. The van der Waals surface area contributed by atoms with Crippen LogP contribution < -0.4 is 5.32 Å². The van der Waals surface area contributed by atoms with Crippen molar-refractivity contribution in [2.75, 3.05) is 13.1 Å². The summed E-state index contributed by atoms with van der Waals surface area (Å²) in [6.45, 7) is 8.67. The van der Waals surface area contributed by atoms with Gasteiger partial charge in [0.25, 0.3) is 11.8 Å². The van der Waals surface area contributed by atoms with Gasteiger partial charge in [0.1, 0.15) is 0 Å². The molecule has 0 radical (unpaired) electrons. The lowest BCUT2D eigenvalue weighted by Crippen LogP contribution is -2.43. The first-order valence-corrected chi connectivity index (χ1v) is 8.13. The van der Waals surface area contributed by atoms with Crippen LogP contribution in [0.4, 0.5) is 0 Å². The molecule has 0 atom stereocenters. The molecule has 6 nitrogen and oxygen atoms in total. The zero-order valence-electron chi connectivity index (χ0n) is 14.8. The zero-order chi connectivity index (χ0) is 18.3. The molecule has 132 valence electrons. The Hall–Kier alpha value is -2.37. The Morgan fingerprint density at radius 2 is 1.54 bits per heavy atom. The lowest BCUT2D eigenvalue weighted by molar-refractivity contribution is -0.137. The van der Waals surface area contributed by atoms with Crippen LogP contribution >= 0.6 is 0 Å². The van der Waals surface area contributed by atoms with Crippen molar-refractivity contribution in [3.8, 4) is 0 Å². The molecule has 0 spiro atoms. The van der Waals surface area contributed by atoms with Gasteiger partial charge in [-0.3, -0.25) is 14.4 Å². The van der Waals surface area contributed by atoms with E-state index in [1.165, 1.54) is 0 Å². The maximum atomic E-state index is 12.3. The van der Waals surface area contributed by atoms with Crippen molar-refractivity contribution >= 4 is 17.8 Å². The lowest BCUT2D eigenvalue weighted by atomic mass is 9.97. The number of nitrogens with one attached hydrogen (secondary N) is 1. The summed E-state index contributed by atoms with van der Waals surface area (Å²) in [4.78, 5) is 36.9. The van der Waals surface area contributed by atoms with Gasteiger partial charge < -0.3 is 15.3 Å². The fraction of sp³-hybridized carbons (Fsp3) is 0.500. The fourth-order valence-corrected chi connectivity index (χ4v) is 2.32. The molecule has 0 aliphatic heterocycles. The smallest absolute Gasteiger partial charge is 0.303 e. The van der Waals surface area contributed by atoms with Crippen molar-refractivity contribution in [1.82, 2.24) is 10.2 Å². The van der Waals surface area contributed by atoms with Crippen LogP contribution in [0.3, 0.4) is 0 Å². The van der Waals surface area contributed by atoms with Crippen LogP contribution in [-0.2, 0) is 4.79 Å². The number of carboxylic acid groups (broad SMARTS) is 1. The minimum atomic E-state index is -0.892. The molecule has 1 aromatic carbocycles. The number of aliphatic carboxylic acids is 1. The third-order valence-electron chi connectivity index (χ3n) is 3.86. The predicted octanol–water partition coefficient (Wildman–Crippen LogP) is 2.54. The topological polar surface area (TPSA) is 86.7 Å². The Balaban J connectivity index is 2.76. The van der Waals surface area contributed by atoms with E-state index in [-0.39, 0.29) is 18.2 Å². The molecule has 1 rings (SSSR count). The molecule has 0 fully saturated rings. The molecular formula is C18H26N2O4. The van der Waals surface area contributed by atoms with Crippen molar-refractivity contribution in [3.05, 3.63) is 35.4 Å². The predicted molar refractivity (Wildman–Crippen MR) is 92.1 cm³/mol. The fourth-order valence-electron chi connectivity index (χ4n) is 2.32. The van der Waals surface area contributed by atoms with Gasteiger partial charge in [-0.25, -0.2) is 0 Å². The van der Waals surface area contributed by atoms with Crippen molar-refractivity contribution in [3.63, 3.8) is 0 Å². The lowest BCUT2D eigenvalue weighted by Gasteiger charge is -2.25. The Labute approximate surface area is 142 Å². The van der Waals surface area contributed by atoms with Gasteiger partial charge >= 0.3 is 5.97 Å². The van der Waals surface area contributed by atoms with Crippen LogP contribution in [-0.4, -0.2) is 46.4 Å². The second kappa shape index (κ2) is 8.47. The second-order valence-electron chi connectivity index (χ2n) is 6.29. The summed E-state index contributed by atoms with van der Waals surface area (Å²) < 4.78 is 0. The minimum Gasteiger partial charge on any atom is -0.481 e. The average molecular weight is 334 g/mol. The molecule has 0 bridgehead atoms. The van der Waals surface area contributed by atoms with E-state index < -0.39 is 11.5 Å². The molecule has 0 unspecified atom stereocenters. The molecule has 6 heteroatoms. The summed E-state index contributed by atoms with van der Waals surface area (Å²) in [5.74, 6) is -1.24. The first kappa shape index (κ1) is 19.7. The summed E-state index contributed by atoms with van der Waals surface area (Å²) in [6.07, 6.45) is 0.331. The standard InChI is InChI=1S/C18H26N2O4/c1-5-20(6-2)17(24)14-9-7-13(8-10-14)16(23)19-18(3,4)12-11-15(21)22/h7-10H,5-6,11-12H2,1-4H3,(H,19,23)(H,21,22). The van der Waals surface area contributed by atoms with Gasteiger partial charge in [-0.05, 0) is 58.4 Å². The van der Waals surface area contributed by atoms with Gasteiger partial charge in [-0.15, -0.1) is 0 Å². The molecule has 0 heterocycles. The number of rotatable bonds is 8. The van der Waals surface area contributed by atoms with E-state index in [2.05, 4.69) is 5.32 Å². The number of hydrogen-bond donors (Lipinski definition) is 2. The molecule has 2 amide bonds. The summed E-state index contributed by atoms with van der Waals surface area (Å²) in [5, 5.41) is 11.6. The molecule has 0 aliphatic rings. The van der Waals surface area contributed by atoms with Gasteiger partial charge in [0.2, 0.25) is 0 Å². The van der Waals surface area contributed by atoms with Crippen LogP contribution in [0, 0.1) is 0 Å². The first-order valence-electron chi connectivity index (χ1n) is 8.13. The van der Waals surface area contributed by atoms with E-state index in [1.807, 2.05) is 13.8 Å². The number of amides is 2. The number of nitrogens with zero attached hydrogens (tertiary/aromatic N) is 1. The number of carbonyl (C=O) groups is 3. The van der Waals surface area contributed by atoms with E-state index in [0.717, 1.165) is 0 Å². The van der Waals surface area contributed by atoms with Crippen molar-refractivity contribution < 1.29 is 19.5 Å². The number of benzene rings is 1. The normalized spacial score (nSPS) is 11.0. The third kappa shape index (κ3) is 5.68. The number of carboxylic acids is 1. The molecule has 0 saturated carbocycles. The zero-order valence-corrected chi connectivity index (χ0v) is 14.8. The Bertz CT molecular complexity index is 590. The summed E-state index contributed by atoms with van der Waals surface area (Å²) in [6, 6.07) is 6.50. The van der Waals surface area contributed by atoms with E-state index in [9.17, 15) is 14.4 Å². The summed E-state index contributed by atoms with van der Waals surface area (Å²) in [7, 11) is 0. The quantitative estimate of drug-likeness (QED) is 0.765. The third-order valence-corrected chi connectivity index (χ3v) is 3.86. The van der Waals surface area contributed by atoms with E-state index in [4.69, 9.17) is 5.11 Å². The molecule has 0 saturated heterocycles. The largest absolute Gasteiger partial charge is 0.481 e. The SMILES string of the molecule is CCN(CC)C(=O)c1ccc(C(=O)NC(C)(C)CCC(=O)O)cc1. The Morgan fingerprint density at radius 3 is 2.00 bits per heavy atom. The van der Waals surface area contributed by atoms with Crippen molar-refractivity contribution in [2.45, 2.75) is 46.1 Å². The maximum Gasteiger partial charge on any atom is 0.303 e. The highest BCUT2D eigenvalue weighted by Gasteiger charge is 2.22. The van der Waals surface area contributed by atoms with Gasteiger partial charge in [-0.2, -0.15) is 0 Å². The molecule has 0 aliphatic carbocycles. The van der Waals surface area contributed by atoms with Crippen LogP contribution in [0.15, 0.2) is 24.3 Å². The van der Waals surface area contributed by atoms with Crippen LogP contribution in [0.1, 0.15) is 61.3 Å². The first-order chi connectivity index (χ1) is 11.2. The van der Waals surface area contributed by atoms with Crippen LogP contribution in [0.25, 0.3) is 0 Å². The van der Waals surface area contributed by atoms with Crippen LogP contribution in [0.2, 0.25) is 0 Å². The highest BCUT2D eigenvalue weighted by molar-refractivity contribution is 5.98. The van der Waals surface area contributed by atoms with Gasteiger partial charge in [0.05, 0.1) is 0 Å². The van der Waals surface area contributed by atoms with Crippen LogP contribution in [0.5, 0.6) is 0 Å². The maximum absolute atomic E-state index is 12.3. The molecular weight excluding hydrogens is 308 g/mol. The van der Waals surface area contributed by atoms with Crippen molar-refractivity contribution in [1.29, 1.82) is 0 Å². The highest BCUT2D eigenvalue weighted by Crippen LogP contribution is 2.14. The van der Waals surface area contributed by atoms with Gasteiger partial charge in [0, 0.05) is 36.2 Å². The van der Waals surface area contributed by atoms with E-state index in [1.54, 1.807) is 43.0 Å². The molecule has 1 aromatic rings. The Kier molecular flexibility index (Phi) is 6.95. The minimum absolute atomic E-state index is 0.00934. The molecule has 0 aromatic heterocycles. The Morgan fingerprint density at radius 1 is 1.04 bits per heavy atom. The number of hydrogen-bond acceptors (Lipinski definition) is 3. The van der Waals surface area contributed by atoms with Crippen molar-refractivity contribution in [2.24, 2.45) is 0 Å². The molecule has 2 N–H and O–H groups in total. The second-order valence-corrected chi connectivity index (χ2v) is 6.29. The van der Waals surface area contributed by atoms with Gasteiger partial charge in [-0.1, -0.05) is 0 Å². The average Bonchev–Trinajstić information content (AvgIpc) is 2.54. The van der Waals surface area contributed by atoms with E-state index >= 15 is 0 Å². The number of carbonyl (C=O) groups excluding carboxylic acids is 2. The summed E-state index contributed by atoms with van der Waals surface area (Å²) in [5.41, 5.74) is 0.362. The highest BCUT2D eigenvalue weighted by atomic mass is 16.4. The van der Waals surface area contributed by atoms with E-state index in [0.29, 0.717) is 30.6 Å².